The number of hydrogen-bond acceptors (Lipinski definition) is 4. The Labute approximate surface area is 172 Å². The largest absolute Gasteiger partial charge is 0.490 e. The van der Waals surface area contributed by atoms with Crippen molar-refractivity contribution in [3.63, 3.8) is 0 Å². The van der Waals surface area contributed by atoms with E-state index in [1.165, 1.54) is 0 Å². The molecular formula is C22H28N2O4S. The Hall–Kier alpha value is -2.54. The molecule has 156 valence electrons. The molecule has 1 N–H and O–H groups in total. The SMILES string of the molecule is CCN1C(=O)C(C)(C)COc2ccc(NS(=O)(=O)c3c(C)cc(C)cc3C)cc21. The van der Waals surface area contributed by atoms with E-state index in [4.69, 9.17) is 4.74 Å². The fourth-order valence-corrected chi connectivity index (χ4v) is 5.32. The van der Waals surface area contributed by atoms with Crippen molar-refractivity contribution in [3.8, 4) is 5.75 Å². The first-order valence-corrected chi connectivity index (χ1v) is 11.1. The van der Waals surface area contributed by atoms with E-state index in [1.54, 1.807) is 36.9 Å². The van der Waals surface area contributed by atoms with Crippen molar-refractivity contribution in [2.75, 3.05) is 22.8 Å². The molecule has 0 saturated heterocycles. The molecule has 0 aromatic heterocycles. The molecule has 0 bridgehead atoms. The van der Waals surface area contributed by atoms with Crippen LogP contribution in [0.4, 0.5) is 11.4 Å². The van der Waals surface area contributed by atoms with E-state index in [-0.39, 0.29) is 17.4 Å². The lowest BCUT2D eigenvalue weighted by molar-refractivity contribution is -0.127. The van der Waals surface area contributed by atoms with E-state index in [0.29, 0.717) is 34.8 Å². The molecule has 6 nitrogen and oxygen atoms in total. The molecule has 0 aliphatic carbocycles. The van der Waals surface area contributed by atoms with Crippen LogP contribution in [0.2, 0.25) is 0 Å². The second-order valence-electron chi connectivity index (χ2n) is 8.24. The van der Waals surface area contributed by atoms with Gasteiger partial charge >= 0.3 is 0 Å². The fraction of sp³-hybridized carbons (Fsp3) is 0.409. The van der Waals surface area contributed by atoms with Gasteiger partial charge in [-0.2, -0.15) is 0 Å². The zero-order chi connectivity index (χ0) is 21.6. The first-order chi connectivity index (χ1) is 13.5. The van der Waals surface area contributed by atoms with Crippen molar-refractivity contribution in [2.45, 2.75) is 46.4 Å². The zero-order valence-electron chi connectivity index (χ0n) is 17.8. The summed E-state index contributed by atoms with van der Waals surface area (Å²) in [4.78, 5) is 14.8. The number of sulfonamides is 1. The topological polar surface area (TPSA) is 75.7 Å². The summed E-state index contributed by atoms with van der Waals surface area (Å²) in [5.41, 5.74) is 2.70. The molecule has 1 aliphatic heterocycles. The molecule has 29 heavy (non-hydrogen) atoms. The van der Waals surface area contributed by atoms with Gasteiger partial charge in [-0.3, -0.25) is 9.52 Å². The lowest BCUT2D eigenvalue weighted by Gasteiger charge is -2.27. The Morgan fingerprint density at radius 1 is 1.10 bits per heavy atom. The quantitative estimate of drug-likeness (QED) is 0.811. The van der Waals surface area contributed by atoms with Gasteiger partial charge in [0.05, 0.1) is 21.7 Å². The van der Waals surface area contributed by atoms with Gasteiger partial charge in [0.2, 0.25) is 5.91 Å². The van der Waals surface area contributed by atoms with Crippen LogP contribution in [-0.4, -0.2) is 27.5 Å². The third-order valence-corrected chi connectivity index (χ3v) is 6.79. The van der Waals surface area contributed by atoms with Crippen LogP contribution in [0.3, 0.4) is 0 Å². The number of rotatable bonds is 4. The van der Waals surface area contributed by atoms with Gasteiger partial charge in [-0.25, -0.2) is 8.42 Å². The highest BCUT2D eigenvalue weighted by atomic mass is 32.2. The lowest BCUT2D eigenvalue weighted by Crippen LogP contribution is -2.42. The Bertz CT molecular complexity index is 1050. The summed E-state index contributed by atoms with van der Waals surface area (Å²) in [6, 6.07) is 8.73. The molecule has 1 amide bonds. The van der Waals surface area contributed by atoms with Gasteiger partial charge in [0.1, 0.15) is 12.4 Å². The van der Waals surface area contributed by atoms with E-state index in [2.05, 4.69) is 4.72 Å². The molecule has 3 rings (SSSR count). The van der Waals surface area contributed by atoms with Crippen molar-refractivity contribution in [3.05, 3.63) is 47.0 Å². The third kappa shape index (κ3) is 3.96. The Morgan fingerprint density at radius 3 is 2.31 bits per heavy atom. The zero-order valence-corrected chi connectivity index (χ0v) is 18.6. The minimum absolute atomic E-state index is 0.0519. The molecule has 2 aromatic rings. The predicted octanol–water partition coefficient (Wildman–Crippen LogP) is 4.18. The molecule has 0 fully saturated rings. The average Bonchev–Trinajstić information content (AvgIpc) is 2.68. The van der Waals surface area contributed by atoms with Crippen molar-refractivity contribution in [1.29, 1.82) is 0 Å². The van der Waals surface area contributed by atoms with Crippen LogP contribution in [-0.2, 0) is 14.8 Å². The summed E-state index contributed by atoms with van der Waals surface area (Å²) in [5.74, 6) is 0.514. The van der Waals surface area contributed by atoms with Gasteiger partial charge in [0, 0.05) is 6.54 Å². The van der Waals surface area contributed by atoms with E-state index in [1.807, 2.05) is 39.8 Å². The van der Waals surface area contributed by atoms with Crippen molar-refractivity contribution >= 4 is 27.3 Å². The van der Waals surface area contributed by atoms with Crippen LogP contribution in [0.15, 0.2) is 35.2 Å². The van der Waals surface area contributed by atoms with Crippen LogP contribution in [0.1, 0.15) is 37.5 Å². The average molecular weight is 417 g/mol. The van der Waals surface area contributed by atoms with Crippen LogP contribution < -0.4 is 14.4 Å². The number of anilines is 2. The summed E-state index contributed by atoms with van der Waals surface area (Å²) in [7, 11) is -3.78. The molecule has 2 aromatic carbocycles. The first-order valence-electron chi connectivity index (χ1n) is 9.66. The monoisotopic (exact) mass is 416 g/mol. The molecule has 1 aliphatic rings. The number of fused-ring (bicyclic) bond motifs is 1. The molecule has 0 atom stereocenters. The van der Waals surface area contributed by atoms with Crippen LogP contribution in [0.5, 0.6) is 5.75 Å². The highest BCUT2D eigenvalue weighted by molar-refractivity contribution is 7.92. The molecule has 7 heteroatoms. The Morgan fingerprint density at radius 2 is 1.72 bits per heavy atom. The van der Waals surface area contributed by atoms with E-state index in [0.717, 1.165) is 5.56 Å². The van der Waals surface area contributed by atoms with Crippen LogP contribution in [0.25, 0.3) is 0 Å². The maximum atomic E-state index is 13.1. The summed E-state index contributed by atoms with van der Waals surface area (Å²) in [6.07, 6.45) is 0. The van der Waals surface area contributed by atoms with Crippen LogP contribution in [0, 0.1) is 26.2 Å². The number of hydrogen-bond donors (Lipinski definition) is 1. The van der Waals surface area contributed by atoms with Gasteiger partial charge in [0.15, 0.2) is 0 Å². The van der Waals surface area contributed by atoms with Crippen molar-refractivity contribution in [1.82, 2.24) is 0 Å². The number of amides is 1. The molecule has 1 heterocycles. The van der Waals surface area contributed by atoms with E-state index >= 15 is 0 Å². The number of benzene rings is 2. The van der Waals surface area contributed by atoms with Gasteiger partial charge in [-0.1, -0.05) is 17.7 Å². The minimum atomic E-state index is -3.78. The number of ether oxygens (including phenoxy) is 1. The standard InChI is InChI=1S/C22H28N2O4S/c1-7-24-18-12-17(8-9-19(18)28-13-22(5,6)21(24)25)23-29(26,27)20-15(3)10-14(2)11-16(20)4/h8-12,23H,7,13H2,1-6H3. The van der Waals surface area contributed by atoms with Crippen LogP contribution >= 0.6 is 0 Å². The predicted molar refractivity (Wildman–Crippen MR) is 115 cm³/mol. The normalized spacial score (nSPS) is 16.1. The summed E-state index contributed by atoms with van der Waals surface area (Å²) < 4.78 is 34.7. The Kier molecular flexibility index (Phi) is 5.38. The molecule has 0 radical (unpaired) electrons. The summed E-state index contributed by atoms with van der Waals surface area (Å²) in [5, 5.41) is 0. The Balaban J connectivity index is 2.02. The molecule has 0 saturated carbocycles. The van der Waals surface area contributed by atoms with E-state index < -0.39 is 15.4 Å². The maximum Gasteiger partial charge on any atom is 0.262 e. The van der Waals surface area contributed by atoms with Gasteiger partial charge in [-0.05, 0) is 70.9 Å². The summed E-state index contributed by atoms with van der Waals surface area (Å²) >= 11 is 0. The third-order valence-electron chi connectivity index (χ3n) is 5.10. The number of carbonyl (C=O) groups excluding carboxylic acids is 1. The summed E-state index contributed by atoms with van der Waals surface area (Å²) in [6.45, 7) is 11.8. The highest BCUT2D eigenvalue weighted by Gasteiger charge is 2.37. The smallest absolute Gasteiger partial charge is 0.262 e. The first kappa shape index (κ1) is 21.2. The molecule has 0 unspecified atom stereocenters. The highest BCUT2D eigenvalue weighted by Crippen LogP contribution is 2.38. The second kappa shape index (κ2) is 7.37. The number of aryl methyl sites for hydroxylation is 3. The van der Waals surface area contributed by atoms with Crippen molar-refractivity contribution in [2.24, 2.45) is 5.41 Å². The number of nitrogens with zero attached hydrogens (tertiary/aromatic N) is 1. The van der Waals surface area contributed by atoms with Crippen molar-refractivity contribution < 1.29 is 17.9 Å². The van der Waals surface area contributed by atoms with Gasteiger partial charge in [0.25, 0.3) is 10.0 Å². The fourth-order valence-electron chi connectivity index (χ4n) is 3.82. The molecular weight excluding hydrogens is 388 g/mol. The lowest BCUT2D eigenvalue weighted by atomic mass is 9.93. The van der Waals surface area contributed by atoms with E-state index in [9.17, 15) is 13.2 Å². The van der Waals surface area contributed by atoms with Gasteiger partial charge < -0.3 is 9.64 Å². The number of nitrogens with one attached hydrogen (secondary N) is 1. The number of carbonyl (C=O) groups is 1. The maximum absolute atomic E-state index is 13.1. The second-order valence-corrected chi connectivity index (χ2v) is 9.86. The molecule has 0 spiro atoms. The minimum Gasteiger partial charge on any atom is -0.490 e. The van der Waals surface area contributed by atoms with Gasteiger partial charge in [-0.15, -0.1) is 0 Å².